The van der Waals surface area contributed by atoms with Gasteiger partial charge in [-0.15, -0.1) is 0 Å². The molecule has 0 saturated carbocycles. The highest BCUT2D eigenvalue weighted by molar-refractivity contribution is 6.07. The number of alkyl halides is 2. The highest BCUT2D eigenvalue weighted by atomic mass is 19.3. The second-order valence-corrected chi connectivity index (χ2v) is 7.87. The van der Waals surface area contributed by atoms with Gasteiger partial charge in [0.1, 0.15) is 29.5 Å². The number of aliphatic hydroxyl groups excluding tert-OH is 1. The number of aliphatic hydroxyl groups is 1. The van der Waals surface area contributed by atoms with Gasteiger partial charge in [-0.2, -0.15) is 0 Å². The van der Waals surface area contributed by atoms with Gasteiger partial charge < -0.3 is 28.9 Å². The zero-order valence-corrected chi connectivity index (χ0v) is 17.6. The average molecular weight is 449 g/mol. The third-order valence-corrected chi connectivity index (χ3v) is 5.70. The molecule has 2 N–H and O–H groups in total. The van der Waals surface area contributed by atoms with E-state index in [1.54, 1.807) is 25.1 Å². The number of benzene rings is 1. The van der Waals surface area contributed by atoms with Crippen molar-refractivity contribution in [2.75, 3.05) is 19.8 Å². The molecule has 4 rings (SSSR count). The summed E-state index contributed by atoms with van der Waals surface area (Å²) < 4.78 is 43.6. The van der Waals surface area contributed by atoms with Crippen LogP contribution < -0.4 is 10.1 Å². The first-order chi connectivity index (χ1) is 15.4. The first kappa shape index (κ1) is 22.2. The first-order valence-electron chi connectivity index (χ1n) is 10.4. The van der Waals surface area contributed by atoms with Crippen LogP contribution in [-0.4, -0.2) is 52.3 Å². The van der Waals surface area contributed by atoms with Crippen molar-refractivity contribution < 1.29 is 32.6 Å². The fourth-order valence-corrected chi connectivity index (χ4v) is 3.90. The SMILES string of the molecule is Cc1oc2ccc(OCc3nccn3CC(F)F)cc2c1C(=O)NC1(CO)CCOCC1. The van der Waals surface area contributed by atoms with Crippen molar-refractivity contribution in [1.82, 2.24) is 14.9 Å². The largest absolute Gasteiger partial charge is 0.486 e. The molecule has 0 spiro atoms. The van der Waals surface area contributed by atoms with E-state index in [0.717, 1.165) is 0 Å². The Hall–Kier alpha value is -2.98. The van der Waals surface area contributed by atoms with Crippen LogP contribution in [0.15, 0.2) is 35.0 Å². The summed E-state index contributed by atoms with van der Waals surface area (Å²) in [6.45, 7) is 1.98. The Morgan fingerprint density at radius 3 is 2.88 bits per heavy atom. The van der Waals surface area contributed by atoms with Crippen LogP contribution in [0.3, 0.4) is 0 Å². The lowest BCUT2D eigenvalue weighted by Crippen LogP contribution is -2.54. The third-order valence-electron chi connectivity index (χ3n) is 5.70. The molecule has 3 aromatic rings. The van der Waals surface area contributed by atoms with E-state index in [1.807, 2.05) is 0 Å². The average Bonchev–Trinajstić information content (AvgIpc) is 3.34. The summed E-state index contributed by atoms with van der Waals surface area (Å²) in [5, 5.41) is 13.4. The Labute approximate surface area is 183 Å². The number of carbonyl (C=O) groups excluding carboxylic acids is 1. The predicted octanol–water partition coefficient (Wildman–Crippen LogP) is 3.05. The van der Waals surface area contributed by atoms with E-state index in [0.29, 0.717) is 59.9 Å². The lowest BCUT2D eigenvalue weighted by molar-refractivity contribution is 0.0125. The maximum atomic E-state index is 13.1. The number of carbonyl (C=O) groups is 1. The molecule has 172 valence electrons. The molecule has 10 heteroatoms. The summed E-state index contributed by atoms with van der Waals surface area (Å²) in [7, 11) is 0. The number of imidazole rings is 1. The van der Waals surface area contributed by atoms with E-state index in [9.17, 15) is 18.7 Å². The maximum Gasteiger partial charge on any atom is 0.256 e. The third kappa shape index (κ3) is 4.61. The number of rotatable bonds is 8. The molecular formula is C22H25F2N3O5. The van der Waals surface area contributed by atoms with Gasteiger partial charge >= 0.3 is 0 Å². The van der Waals surface area contributed by atoms with Gasteiger partial charge in [0.2, 0.25) is 0 Å². The molecule has 8 nitrogen and oxygen atoms in total. The minimum absolute atomic E-state index is 0.00276. The van der Waals surface area contributed by atoms with Gasteiger partial charge in [0.15, 0.2) is 0 Å². The molecule has 1 saturated heterocycles. The summed E-state index contributed by atoms with van der Waals surface area (Å²) in [6, 6.07) is 5.05. The molecule has 0 bridgehead atoms. The maximum absolute atomic E-state index is 13.1. The van der Waals surface area contributed by atoms with E-state index >= 15 is 0 Å². The number of amides is 1. The van der Waals surface area contributed by atoms with Gasteiger partial charge in [0.25, 0.3) is 12.3 Å². The van der Waals surface area contributed by atoms with E-state index < -0.39 is 18.5 Å². The molecule has 0 aliphatic carbocycles. The molecular weight excluding hydrogens is 424 g/mol. The highest BCUT2D eigenvalue weighted by Crippen LogP contribution is 2.30. The lowest BCUT2D eigenvalue weighted by atomic mass is 9.90. The Bertz CT molecular complexity index is 1090. The van der Waals surface area contributed by atoms with Crippen molar-refractivity contribution in [2.24, 2.45) is 0 Å². The van der Waals surface area contributed by atoms with Crippen molar-refractivity contribution in [3.05, 3.63) is 47.7 Å². The molecule has 1 fully saturated rings. The van der Waals surface area contributed by atoms with Crippen molar-refractivity contribution in [3.8, 4) is 5.75 Å². The summed E-state index contributed by atoms with van der Waals surface area (Å²) in [5.41, 5.74) is 0.148. The zero-order valence-electron chi connectivity index (χ0n) is 17.6. The van der Waals surface area contributed by atoms with Gasteiger partial charge in [-0.1, -0.05) is 0 Å². The van der Waals surface area contributed by atoms with Crippen LogP contribution in [0.25, 0.3) is 11.0 Å². The molecule has 1 amide bonds. The summed E-state index contributed by atoms with van der Waals surface area (Å²) in [4.78, 5) is 17.2. The summed E-state index contributed by atoms with van der Waals surface area (Å²) >= 11 is 0. The van der Waals surface area contributed by atoms with Crippen LogP contribution in [-0.2, 0) is 17.9 Å². The van der Waals surface area contributed by atoms with Crippen molar-refractivity contribution >= 4 is 16.9 Å². The summed E-state index contributed by atoms with van der Waals surface area (Å²) in [6.07, 6.45) is 1.46. The number of hydrogen-bond donors (Lipinski definition) is 2. The minimum Gasteiger partial charge on any atom is -0.486 e. The fourth-order valence-electron chi connectivity index (χ4n) is 3.90. The molecule has 1 aliphatic rings. The van der Waals surface area contributed by atoms with Crippen LogP contribution in [0.2, 0.25) is 0 Å². The number of nitrogens with one attached hydrogen (secondary N) is 1. The summed E-state index contributed by atoms with van der Waals surface area (Å²) in [5.74, 6) is 0.919. The number of hydrogen-bond acceptors (Lipinski definition) is 6. The number of furan rings is 1. The number of nitrogens with zero attached hydrogens (tertiary/aromatic N) is 2. The minimum atomic E-state index is -2.49. The molecule has 2 aromatic heterocycles. The molecule has 1 aromatic carbocycles. The second kappa shape index (κ2) is 9.25. The van der Waals surface area contributed by atoms with E-state index in [4.69, 9.17) is 13.9 Å². The van der Waals surface area contributed by atoms with Crippen molar-refractivity contribution in [3.63, 3.8) is 0 Å². The number of aromatic nitrogens is 2. The number of ether oxygens (including phenoxy) is 2. The predicted molar refractivity (Wildman–Crippen MR) is 111 cm³/mol. The van der Waals surface area contributed by atoms with Crippen LogP contribution in [0.1, 0.15) is 34.8 Å². The van der Waals surface area contributed by atoms with E-state index in [1.165, 1.54) is 17.0 Å². The lowest BCUT2D eigenvalue weighted by Gasteiger charge is -2.36. The Morgan fingerprint density at radius 2 is 2.16 bits per heavy atom. The zero-order chi connectivity index (χ0) is 22.7. The second-order valence-electron chi connectivity index (χ2n) is 7.87. The van der Waals surface area contributed by atoms with Gasteiger partial charge in [-0.05, 0) is 38.0 Å². The molecule has 0 atom stereocenters. The number of halogens is 2. The van der Waals surface area contributed by atoms with Crippen LogP contribution >= 0.6 is 0 Å². The van der Waals surface area contributed by atoms with Gasteiger partial charge in [0.05, 0.1) is 24.3 Å². The Morgan fingerprint density at radius 1 is 1.38 bits per heavy atom. The van der Waals surface area contributed by atoms with Crippen molar-refractivity contribution in [1.29, 1.82) is 0 Å². The Kier molecular flexibility index (Phi) is 6.43. The van der Waals surface area contributed by atoms with Crippen LogP contribution in [0, 0.1) is 6.92 Å². The highest BCUT2D eigenvalue weighted by Gasteiger charge is 2.35. The molecule has 32 heavy (non-hydrogen) atoms. The number of aryl methyl sites for hydroxylation is 1. The molecule has 0 unspecified atom stereocenters. The molecule has 0 radical (unpaired) electrons. The molecule has 1 aliphatic heterocycles. The van der Waals surface area contributed by atoms with Gasteiger partial charge in [0, 0.05) is 31.0 Å². The van der Waals surface area contributed by atoms with Gasteiger partial charge in [-0.3, -0.25) is 4.79 Å². The van der Waals surface area contributed by atoms with Crippen molar-refractivity contribution in [2.45, 2.75) is 44.9 Å². The van der Waals surface area contributed by atoms with Crippen LogP contribution in [0.5, 0.6) is 5.75 Å². The standard InChI is InChI=1S/C22H25F2N3O5/c1-14-20(21(29)26-22(13-28)4-8-30-9-5-22)16-10-15(2-3-17(16)32-14)31-12-19-25-6-7-27(19)11-18(23)24/h2-3,6-7,10,18,28H,4-5,8-9,11-13H2,1H3,(H,26,29). The quantitative estimate of drug-likeness (QED) is 0.549. The van der Waals surface area contributed by atoms with Crippen LogP contribution in [0.4, 0.5) is 8.78 Å². The Balaban J connectivity index is 1.54. The van der Waals surface area contributed by atoms with Gasteiger partial charge in [-0.25, -0.2) is 13.8 Å². The van der Waals surface area contributed by atoms with E-state index in [-0.39, 0.29) is 19.1 Å². The van der Waals surface area contributed by atoms with E-state index in [2.05, 4.69) is 10.3 Å². The molecule has 3 heterocycles. The first-order valence-corrected chi connectivity index (χ1v) is 10.4. The topological polar surface area (TPSA) is 98.8 Å². The smallest absolute Gasteiger partial charge is 0.256 e. The fraction of sp³-hybridized carbons (Fsp3) is 0.455. The number of fused-ring (bicyclic) bond motifs is 1. The normalized spacial score (nSPS) is 15.9. The monoisotopic (exact) mass is 449 g/mol.